The van der Waals surface area contributed by atoms with Gasteiger partial charge in [-0.25, -0.2) is 0 Å². The van der Waals surface area contributed by atoms with Crippen molar-refractivity contribution in [1.29, 1.82) is 0 Å². The van der Waals surface area contributed by atoms with Gasteiger partial charge in [0.05, 0.1) is 0 Å². The molecule has 0 unspecified atom stereocenters. The fourth-order valence-corrected chi connectivity index (χ4v) is 2.73. The van der Waals surface area contributed by atoms with Gasteiger partial charge in [-0.2, -0.15) is 0 Å². The summed E-state index contributed by atoms with van der Waals surface area (Å²) in [6.07, 6.45) is 5.06. The van der Waals surface area contributed by atoms with Crippen LogP contribution in [0.5, 0.6) is 0 Å². The summed E-state index contributed by atoms with van der Waals surface area (Å²) in [6, 6.07) is 8.12. The van der Waals surface area contributed by atoms with Crippen LogP contribution >= 0.6 is 15.9 Å². The number of benzene rings is 1. The fraction of sp³-hybridized carbons (Fsp3) is 0.500. The third-order valence-corrected chi connectivity index (χ3v) is 4.05. The maximum atomic E-state index is 12.0. The summed E-state index contributed by atoms with van der Waals surface area (Å²) in [5, 5.41) is 0. The van der Waals surface area contributed by atoms with Crippen LogP contribution in [0.4, 0.5) is 0 Å². The highest BCUT2D eigenvalue weighted by Gasteiger charge is 2.16. The van der Waals surface area contributed by atoms with Crippen molar-refractivity contribution in [3.63, 3.8) is 0 Å². The Morgan fingerprint density at radius 3 is 2.59 bits per heavy atom. The van der Waals surface area contributed by atoms with Crippen molar-refractivity contribution in [1.82, 2.24) is 4.90 Å². The van der Waals surface area contributed by atoms with Crippen molar-refractivity contribution in [2.24, 2.45) is 0 Å². The van der Waals surface area contributed by atoms with E-state index >= 15 is 0 Å². The first kappa shape index (κ1) is 12.6. The molecule has 92 valence electrons. The van der Waals surface area contributed by atoms with E-state index in [1.165, 1.54) is 24.8 Å². The van der Waals surface area contributed by atoms with Gasteiger partial charge in [0.25, 0.3) is 0 Å². The molecule has 0 atom stereocenters. The average molecular weight is 296 g/mol. The number of carbonyl (C=O) groups is 1. The van der Waals surface area contributed by atoms with Crippen LogP contribution in [-0.2, 0) is 11.2 Å². The van der Waals surface area contributed by atoms with E-state index in [2.05, 4.69) is 22.0 Å². The second kappa shape index (κ2) is 6.20. The largest absolute Gasteiger partial charge is 0.343 e. The van der Waals surface area contributed by atoms with Gasteiger partial charge in [0, 0.05) is 24.0 Å². The zero-order chi connectivity index (χ0) is 12.1. The molecule has 0 aromatic heterocycles. The third-order valence-electron chi connectivity index (χ3n) is 3.27. The zero-order valence-electron chi connectivity index (χ0n) is 9.99. The van der Waals surface area contributed by atoms with Crippen LogP contribution in [0.2, 0.25) is 0 Å². The lowest BCUT2D eigenvalue weighted by Gasteiger charge is -2.26. The standard InChI is InChI=1S/C14H18BrNO/c15-13-7-3-2-6-12(13)8-9-14(17)16-10-4-1-5-11-16/h2-3,6-7H,1,4-5,8-11H2. The van der Waals surface area contributed by atoms with Crippen LogP contribution in [0.3, 0.4) is 0 Å². The van der Waals surface area contributed by atoms with Crippen LogP contribution in [0, 0.1) is 0 Å². The molecule has 2 rings (SSSR count). The average Bonchev–Trinajstić information content (AvgIpc) is 2.38. The molecule has 17 heavy (non-hydrogen) atoms. The molecule has 1 saturated heterocycles. The van der Waals surface area contributed by atoms with Crippen molar-refractivity contribution >= 4 is 21.8 Å². The smallest absolute Gasteiger partial charge is 0.222 e. The second-order valence-electron chi connectivity index (χ2n) is 4.53. The molecule has 0 spiro atoms. The van der Waals surface area contributed by atoms with Gasteiger partial charge >= 0.3 is 0 Å². The van der Waals surface area contributed by atoms with Gasteiger partial charge in [-0.05, 0) is 37.3 Å². The van der Waals surface area contributed by atoms with E-state index in [0.29, 0.717) is 12.3 Å². The van der Waals surface area contributed by atoms with Gasteiger partial charge in [-0.3, -0.25) is 4.79 Å². The molecule has 3 heteroatoms. The highest BCUT2D eigenvalue weighted by atomic mass is 79.9. The number of hydrogen-bond donors (Lipinski definition) is 0. The number of carbonyl (C=O) groups excluding carboxylic acids is 1. The second-order valence-corrected chi connectivity index (χ2v) is 5.39. The van der Waals surface area contributed by atoms with Crippen molar-refractivity contribution in [3.05, 3.63) is 34.3 Å². The van der Waals surface area contributed by atoms with Crippen molar-refractivity contribution < 1.29 is 4.79 Å². The summed E-state index contributed by atoms with van der Waals surface area (Å²) >= 11 is 3.52. The van der Waals surface area contributed by atoms with E-state index in [-0.39, 0.29) is 0 Å². The molecule has 1 aromatic carbocycles. The van der Waals surface area contributed by atoms with Crippen LogP contribution < -0.4 is 0 Å². The summed E-state index contributed by atoms with van der Waals surface area (Å²) in [5.41, 5.74) is 1.22. The number of amides is 1. The molecule has 1 aromatic rings. The summed E-state index contributed by atoms with van der Waals surface area (Å²) < 4.78 is 1.10. The number of aryl methyl sites for hydroxylation is 1. The predicted molar refractivity (Wildman–Crippen MR) is 72.9 cm³/mol. The Labute approximate surface area is 111 Å². The molecule has 1 amide bonds. The molecular formula is C14H18BrNO. The Morgan fingerprint density at radius 1 is 1.18 bits per heavy atom. The number of rotatable bonds is 3. The molecule has 1 aliphatic rings. The quantitative estimate of drug-likeness (QED) is 0.837. The first-order valence-electron chi connectivity index (χ1n) is 6.28. The predicted octanol–water partition coefficient (Wildman–Crippen LogP) is 3.39. The topological polar surface area (TPSA) is 20.3 Å². The first-order valence-corrected chi connectivity index (χ1v) is 7.08. The van der Waals surface area contributed by atoms with Gasteiger partial charge in [0.15, 0.2) is 0 Å². The Bertz CT molecular complexity index is 386. The molecular weight excluding hydrogens is 278 g/mol. The van der Waals surface area contributed by atoms with E-state index in [1.54, 1.807) is 0 Å². The lowest BCUT2D eigenvalue weighted by molar-refractivity contribution is -0.132. The minimum absolute atomic E-state index is 0.306. The van der Waals surface area contributed by atoms with Crippen molar-refractivity contribution in [2.75, 3.05) is 13.1 Å². The number of likely N-dealkylation sites (tertiary alicyclic amines) is 1. The maximum Gasteiger partial charge on any atom is 0.222 e. The molecule has 2 nitrogen and oxygen atoms in total. The van der Waals surface area contributed by atoms with Crippen LogP contribution in [0.15, 0.2) is 28.7 Å². The molecule has 0 bridgehead atoms. The Hall–Kier alpha value is -0.830. The van der Waals surface area contributed by atoms with Gasteiger partial charge in [-0.15, -0.1) is 0 Å². The molecule has 0 aliphatic carbocycles. The molecule has 1 fully saturated rings. The number of nitrogens with zero attached hydrogens (tertiary/aromatic N) is 1. The van der Waals surface area contributed by atoms with Gasteiger partial charge in [-0.1, -0.05) is 34.1 Å². The third kappa shape index (κ3) is 3.56. The summed E-state index contributed by atoms with van der Waals surface area (Å²) in [6.45, 7) is 1.91. The van der Waals surface area contributed by atoms with E-state index in [9.17, 15) is 4.79 Å². The fourth-order valence-electron chi connectivity index (χ4n) is 2.24. The minimum Gasteiger partial charge on any atom is -0.343 e. The highest BCUT2D eigenvalue weighted by molar-refractivity contribution is 9.10. The number of piperidine rings is 1. The van der Waals surface area contributed by atoms with Gasteiger partial charge in [0.1, 0.15) is 0 Å². The zero-order valence-corrected chi connectivity index (χ0v) is 11.6. The normalized spacial score (nSPS) is 15.9. The highest BCUT2D eigenvalue weighted by Crippen LogP contribution is 2.18. The lowest BCUT2D eigenvalue weighted by Crippen LogP contribution is -2.35. The monoisotopic (exact) mass is 295 g/mol. The summed E-state index contributed by atoms with van der Waals surface area (Å²) in [7, 11) is 0. The van der Waals surface area contributed by atoms with E-state index in [0.717, 1.165) is 24.0 Å². The Kier molecular flexibility index (Phi) is 4.60. The SMILES string of the molecule is O=C(CCc1ccccc1Br)N1CCCCC1. The molecule has 0 radical (unpaired) electrons. The molecule has 0 saturated carbocycles. The Balaban J connectivity index is 1.85. The van der Waals surface area contributed by atoms with E-state index < -0.39 is 0 Å². The Morgan fingerprint density at radius 2 is 1.88 bits per heavy atom. The molecule has 0 N–H and O–H groups in total. The maximum absolute atomic E-state index is 12.0. The molecule has 1 heterocycles. The lowest BCUT2D eigenvalue weighted by atomic mass is 10.1. The van der Waals surface area contributed by atoms with Crippen LogP contribution in [0.25, 0.3) is 0 Å². The minimum atomic E-state index is 0.306. The van der Waals surface area contributed by atoms with Crippen LogP contribution in [-0.4, -0.2) is 23.9 Å². The van der Waals surface area contributed by atoms with E-state index in [4.69, 9.17) is 0 Å². The van der Waals surface area contributed by atoms with Crippen molar-refractivity contribution in [2.45, 2.75) is 32.1 Å². The van der Waals surface area contributed by atoms with E-state index in [1.807, 2.05) is 23.1 Å². The summed E-state index contributed by atoms with van der Waals surface area (Å²) in [5.74, 6) is 0.306. The van der Waals surface area contributed by atoms with Gasteiger partial charge in [0.2, 0.25) is 5.91 Å². The van der Waals surface area contributed by atoms with Crippen molar-refractivity contribution in [3.8, 4) is 0 Å². The number of halogens is 1. The molecule has 1 aliphatic heterocycles. The summed E-state index contributed by atoms with van der Waals surface area (Å²) in [4.78, 5) is 14.0. The van der Waals surface area contributed by atoms with Crippen LogP contribution in [0.1, 0.15) is 31.2 Å². The van der Waals surface area contributed by atoms with Gasteiger partial charge < -0.3 is 4.90 Å². The number of hydrogen-bond acceptors (Lipinski definition) is 1. The first-order chi connectivity index (χ1) is 8.27.